The van der Waals surface area contributed by atoms with Crippen LogP contribution in [-0.4, -0.2) is 37.8 Å². The smallest absolute Gasteiger partial charge is 0.274 e. The van der Waals surface area contributed by atoms with E-state index in [1.165, 1.54) is 46.2 Å². The summed E-state index contributed by atoms with van der Waals surface area (Å²) in [6.45, 7) is 0.268. The number of hydrogen-bond acceptors (Lipinski definition) is 6. The zero-order valence-electron chi connectivity index (χ0n) is 15.6. The van der Waals surface area contributed by atoms with Gasteiger partial charge in [-0.25, -0.2) is 13.1 Å². The van der Waals surface area contributed by atoms with Crippen LogP contribution in [0.25, 0.3) is 10.8 Å². The van der Waals surface area contributed by atoms with Gasteiger partial charge in [0.25, 0.3) is 5.56 Å². The van der Waals surface area contributed by atoms with Crippen molar-refractivity contribution in [1.82, 2.24) is 29.3 Å². The van der Waals surface area contributed by atoms with Crippen molar-refractivity contribution in [1.29, 1.82) is 0 Å². The van der Waals surface area contributed by atoms with Crippen LogP contribution in [0.5, 0.6) is 0 Å². The van der Waals surface area contributed by atoms with Crippen LogP contribution in [0.4, 0.5) is 0 Å². The van der Waals surface area contributed by atoms with Gasteiger partial charge in [0, 0.05) is 24.8 Å². The van der Waals surface area contributed by atoms with Crippen LogP contribution in [0.1, 0.15) is 24.6 Å². The van der Waals surface area contributed by atoms with Crippen molar-refractivity contribution < 1.29 is 8.42 Å². The summed E-state index contributed by atoms with van der Waals surface area (Å²) in [7, 11) is -2.06. The van der Waals surface area contributed by atoms with E-state index in [4.69, 9.17) is 0 Å². The topological polar surface area (TPSA) is 105 Å². The maximum Gasteiger partial charge on any atom is 0.274 e. The third-order valence-corrected chi connectivity index (χ3v) is 6.73. The van der Waals surface area contributed by atoms with Gasteiger partial charge in [0.15, 0.2) is 0 Å². The van der Waals surface area contributed by atoms with E-state index in [1.807, 2.05) is 16.9 Å². The quantitative estimate of drug-likeness (QED) is 0.494. The lowest BCUT2D eigenvalue weighted by atomic mass is 10.2. The van der Waals surface area contributed by atoms with Gasteiger partial charge in [0.2, 0.25) is 9.84 Å². The molecule has 29 heavy (non-hydrogen) atoms. The van der Waals surface area contributed by atoms with E-state index in [0.29, 0.717) is 16.8 Å². The Morgan fingerprint density at radius 1 is 1.10 bits per heavy atom. The number of benzene rings is 1. The highest BCUT2D eigenvalue weighted by atomic mass is 32.2. The maximum atomic E-state index is 12.8. The summed E-state index contributed by atoms with van der Waals surface area (Å²) in [4.78, 5) is 13.0. The molecule has 0 N–H and O–H groups in total. The zero-order chi connectivity index (χ0) is 20.2. The van der Waals surface area contributed by atoms with Crippen molar-refractivity contribution in [2.75, 3.05) is 0 Å². The van der Waals surface area contributed by atoms with Crippen molar-refractivity contribution >= 4 is 20.6 Å². The van der Waals surface area contributed by atoms with E-state index in [2.05, 4.69) is 15.3 Å². The lowest BCUT2D eigenvalue weighted by Gasteiger charge is -2.07. The zero-order valence-corrected chi connectivity index (χ0v) is 16.5. The lowest BCUT2D eigenvalue weighted by molar-refractivity contribution is 0.592. The van der Waals surface area contributed by atoms with Gasteiger partial charge in [-0.1, -0.05) is 0 Å². The van der Waals surface area contributed by atoms with Crippen LogP contribution in [0.2, 0.25) is 0 Å². The summed E-state index contributed by atoms with van der Waals surface area (Å²) in [6, 6.07) is 6.81. The van der Waals surface area contributed by atoms with Crippen LogP contribution in [0, 0.1) is 0 Å². The van der Waals surface area contributed by atoms with Crippen LogP contribution in [0.3, 0.4) is 0 Å². The molecule has 3 aromatic heterocycles. The number of aryl methyl sites for hydroxylation is 1. The fourth-order valence-corrected chi connectivity index (χ4v) is 4.56. The summed E-state index contributed by atoms with van der Waals surface area (Å²) in [5.74, 6) is 0. The first-order valence-corrected chi connectivity index (χ1v) is 10.7. The molecule has 0 atom stereocenters. The third-order valence-electron chi connectivity index (χ3n) is 5.02. The fraction of sp³-hybridized carbons (Fsp3) is 0.263. The molecule has 148 valence electrons. The van der Waals surface area contributed by atoms with E-state index < -0.39 is 9.84 Å². The Bertz CT molecular complexity index is 1390. The summed E-state index contributed by atoms with van der Waals surface area (Å²) in [6.07, 6.45) is 8.46. The predicted molar refractivity (Wildman–Crippen MR) is 104 cm³/mol. The number of nitrogens with zero attached hydrogens (tertiary/aromatic N) is 6. The summed E-state index contributed by atoms with van der Waals surface area (Å²) < 4.78 is 30.3. The average molecular weight is 410 g/mol. The molecule has 1 aliphatic rings. The Balaban J connectivity index is 1.49. The van der Waals surface area contributed by atoms with Crippen LogP contribution >= 0.6 is 0 Å². The summed E-state index contributed by atoms with van der Waals surface area (Å²) in [5, 5.41) is 13.5. The molecule has 0 amide bonds. The molecule has 1 aromatic carbocycles. The van der Waals surface area contributed by atoms with E-state index in [1.54, 1.807) is 7.05 Å². The number of sulfone groups is 1. The monoisotopic (exact) mass is 410 g/mol. The number of fused-ring (bicyclic) bond motifs is 1. The third kappa shape index (κ3) is 3.15. The number of aromatic nitrogens is 6. The van der Waals surface area contributed by atoms with E-state index >= 15 is 0 Å². The second kappa shape index (κ2) is 6.38. The Hall–Kier alpha value is -3.27. The van der Waals surface area contributed by atoms with Gasteiger partial charge in [-0.15, -0.1) is 0 Å². The molecule has 0 saturated heterocycles. The molecule has 1 aliphatic carbocycles. The fourth-order valence-electron chi connectivity index (χ4n) is 3.28. The molecule has 0 unspecified atom stereocenters. The maximum absolute atomic E-state index is 12.8. The molecule has 9 nitrogen and oxygen atoms in total. The van der Waals surface area contributed by atoms with Gasteiger partial charge >= 0.3 is 0 Å². The molecule has 0 bridgehead atoms. The van der Waals surface area contributed by atoms with Crippen molar-refractivity contribution in [2.45, 2.75) is 35.2 Å². The molecule has 10 heteroatoms. The Morgan fingerprint density at radius 3 is 2.66 bits per heavy atom. The summed E-state index contributed by atoms with van der Waals surface area (Å²) in [5.41, 5.74) is 0.482. The van der Waals surface area contributed by atoms with Gasteiger partial charge in [0.05, 0.1) is 41.0 Å². The Labute approximate surface area is 166 Å². The molecule has 1 fully saturated rings. The normalized spacial score (nSPS) is 14.5. The molecule has 0 spiro atoms. The van der Waals surface area contributed by atoms with Crippen LogP contribution in [-0.2, 0) is 23.4 Å². The first-order chi connectivity index (χ1) is 13.9. The van der Waals surface area contributed by atoms with Crippen molar-refractivity contribution in [3.63, 3.8) is 0 Å². The second-order valence-electron chi connectivity index (χ2n) is 7.23. The van der Waals surface area contributed by atoms with Crippen LogP contribution in [0.15, 0.2) is 63.6 Å². The average Bonchev–Trinajstić information content (AvgIpc) is 3.29. The molecular formula is C19H18N6O3S. The van der Waals surface area contributed by atoms with Gasteiger partial charge in [0.1, 0.15) is 4.90 Å². The number of rotatable bonds is 5. The standard InChI is InChI=1S/C19H18N6O3S/c1-23-12-17(10-20-23)29(27,28)16-4-5-18-13(8-16)9-21-25(19(18)26)11-14-6-7-24(22-14)15-2-3-15/h4-10,12,15H,2-3,11H2,1H3. The molecule has 3 heterocycles. The van der Waals surface area contributed by atoms with E-state index in [9.17, 15) is 13.2 Å². The second-order valence-corrected chi connectivity index (χ2v) is 9.18. The highest BCUT2D eigenvalue weighted by molar-refractivity contribution is 7.91. The minimum absolute atomic E-state index is 0.0973. The van der Waals surface area contributed by atoms with Gasteiger partial charge in [-0.05, 0) is 37.1 Å². The van der Waals surface area contributed by atoms with Gasteiger partial charge in [-0.3, -0.25) is 14.2 Å². The number of hydrogen-bond donors (Lipinski definition) is 0. The Kier molecular flexibility index (Phi) is 3.91. The Morgan fingerprint density at radius 2 is 1.93 bits per heavy atom. The highest BCUT2D eigenvalue weighted by Crippen LogP contribution is 2.33. The van der Waals surface area contributed by atoms with Gasteiger partial charge < -0.3 is 0 Å². The first-order valence-electron chi connectivity index (χ1n) is 9.19. The van der Waals surface area contributed by atoms with Crippen LogP contribution < -0.4 is 5.56 Å². The van der Waals surface area contributed by atoms with E-state index in [-0.39, 0.29) is 21.9 Å². The SMILES string of the molecule is Cn1cc(S(=O)(=O)c2ccc3c(=O)n(Cc4ccn(C5CC5)n4)ncc3c2)cn1. The predicted octanol–water partition coefficient (Wildman–Crippen LogP) is 1.54. The molecule has 4 aromatic rings. The van der Waals surface area contributed by atoms with Crippen molar-refractivity contribution in [2.24, 2.45) is 7.05 Å². The minimum Gasteiger partial charge on any atom is -0.274 e. The molecule has 5 rings (SSSR count). The molecule has 0 radical (unpaired) electrons. The lowest BCUT2D eigenvalue weighted by Crippen LogP contribution is -2.23. The van der Waals surface area contributed by atoms with Gasteiger partial charge in [-0.2, -0.15) is 15.3 Å². The highest BCUT2D eigenvalue weighted by Gasteiger charge is 2.24. The molecule has 0 aliphatic heterocycles. The van der Waals surface area contributed by atoms with Crippen molar-refractivity contribution in [3.05, 3.63) is 65.1 Å². The largest absolute Gasteiger partial charge is 0.274 e. The first kappa shape index (κ1) is 17.8. The minimum atomic E-state index is -3.71. The molecular weight excluding hydrogens is 392 g/mol. The van der Waals surface area contributed by atoms with E-state index in [0.717, 1.165) is 18.5 Å². The summed E-state index contributed by atoms with van der Waals surface area (Å²) >= 11 is 0. The van der Waals surface area contributed by atoms with Crippen molar-refractivity contribution in [3.8, 4) is 0 Å². The molecule has 1 saturated carbocycles.